The minimum absolute atomic E-state index is 0.0580. The van der Waals surface area contributed by atoms with E-state index in [4.69, 9.17) is 0 Å². The standard InChI is InChI=1S/C21H25N3O4S/c1-15-3-5-17(6-4-15)21(26)23-19-11-13-24(14-12-19)29(27,28)20-9-7-18(8-10-20)22-16(2)25/h3-10,19H,11-14H2,1-2H3,(H,22,25)(H,23,26). The Morgan fingerprint density at radius 3 is 2.10 bits per heavy atom. The number of anilines is 1. The second kappa shape index (κ2) is 8.75. The fourth-order valence-electron chi connectivity index (χ4n) is 3.28. The summed E-state index contributed by atoms with van der Waals surface area (Å²) >= 11 is 0. The number of rotatable bonds is 5. The first-order chi connectivity index (χ1) is 13.8. The first kappa shape index (κ1) is 21.0. The fraction of sp³-hybridized carbons (Fsp3) is 0.333. The van der Waals surface area contributed by atoms with Crippen LogP contribution in [0.25, 0.3) is 0 Å². The Kier molecular flexibility index (Phi) is 6.34. The van der Waals surface area contributed by atoms with Crippen LogP contribution in [0.4, 0.5) is 5.69 Å². The van der Waals surface area contributed by atoms with E-state index < -0.39 is 10.0 Å². The maximum absolute atomic E-state index is 12.9. The largest absolute Gasteiger partial charge is 0.349 e. The van der Waals surface area contributed by atoms with Crippen LogP contribution < -0.4 is 10.6 Å². The molecule has 0 aromatic heterocycles. The third-order valence-electron chi connectivity index (χ3n) is 4.92. The van der Waals surface area contributed by atoms with E-state index in [1.54, 1.807) is 24.3 Å². The van der Waals surface area contributed by atoms with Gasteiger partial charge in [-0.25, -0.2) is 8.42 Å². The van der Waals surface area contributed by atoms with Crippen molar-refractivity contribution in [1.29, 1.82) is 0 Å². The van der Waals surface area contributed by atoms with E-state index in [0.717, 1.165) is 5.56 Å². The molecule has 0 bridgehead atoms. The van der Waals surface area contributed by atoms with Crippen molar-refractivity contribution in [3.05, 3.63) is 59.7 Å². The Morgan fingerprint density at radius 1 is 0.966 bits per heavy atom. The maximum atomic E-state index is 12.9. The Bertz CT molecular complexity index is 978. The molecule has 2 aromatic rings. The third kappa shape index (κ3) is 5.21. The number of nitrogens with one attached hydrogen (secondary N) is 2. The van der Waals surface area contributed by atoms with Crippen LogP contribution in [0.1, 0.15) is 35.7 Å². The van der Waals surface area contributed by atoms with Crippen LogP contribution in [-0.4, -0.2) is 43.7 Å². The van der Waals surface area contributed by atoms with Gasteiger partial charge in [0, 0.05) is 37.3 Å². The summed E-state index contributed by atoms with van der Waals surface area (Å²) in [6, 6.07) is 13.4. The third-order valence-corrected chi connectivity index (χ3v) is 6.83. The molecule has 0 radical (unpaired) electrons. The summed E-state index contributed by atoms with van der Waals surface area (Å²) in [7, 11) is -3.61. The number of hydrogen-bond donors (Lipinski definition) is 2. The highest BCUT2D eigenvalue weighted by Gasteiger charge is 2.30. The second-order valence-electron chi connectivity index (χ2n) is 7.22. The Hall–Kier alpha value is -2.71. The van der Waals surface area contributed by atoms with Crippen molar-refractivity contribution in [3.63, 3.8) is 0 Å². The van der Waals surface area contributed by atoms with Gasteiger partial charge < -0.3 is 10.6 Å². The van der Waals surface area contributed by atoms with Crippen LogP contribution in [0.15, 0.2) is 53.4 Å². The highest BCUT2D eigenvalue weighted by Crippen LogP contribution is 2.22. The molecule has 0 spiro atoms. The quantitative estimate of drug-likeness (QED) is 0.784. The van der Waals surface area contributed by atoms with E-state index in [1.807, 2.05) is 19.1 Å². The molecule has 29 heavy (non-hydrogen) atoms. The molecule has 154 valence electrons. The van der Waals surface area contributed by atoms with Crippen molar-refractivity contribution in [3.8, 4) is 0 Å². The second-order valence-corrected chi connectivity index (χ2v) is 9.16. The van der Waals surface area contributed by atoms with E-state index in [-0.39, 0.29) is 22.8 Å². The monoisotopic (exact) mass is 415 g/mol. The molecule has 0 saturated carbocycles. The van der Waals surface area contributed by atoms with Gasteiger partial charge in [-0.15, -0.1) is 0 Å². The molecule has 0 atom stereocenters. The minimum Gasteiger partial charge on any atom is -0.349 e. The number of benzene rings is 2. The normalized spacial score (nSPS) is 15.7. The van der Waals surface area contributed by atoms with Crippen LogP contribution in [0.2, 0.25) is 0 Å². The molecule has 2 aromatic carbocycles. The van der Waals surface area contributed by atoms with Gasteiger partial charge in [0.05, 0.1) is 4.90 Å². The van der Waals surface area contributed by atoms with Crippen molar-refractivity contribution < 1.29 is 18.0 Å². The molecule has 0 unspecified atom stereocenters. The molecule has 3 rings (SSSR count). The number of piperidine rings is 1. The Balaban J connectivity index is 1.58. The van der Waals surface area contributed by atoms with Crippen LogP contribution in [0.3, 0.4) is 0 Å². The van der Waals surface area contributed by atoms with Crippen LogP contribution >= 0.6 is 0 Å². The number of nitrogens with zero attached hydrogens (tertiary/aromatic N) is 1. The van der Waals surface area contributed by atoms with Gasteiger partial charge in [0.2, 0.25) is 15.9 Å². The van der Waals surface area contributed by atoms with Crippen molar-refractivity contribution in [1.82, 2.24) is 9.62 Å². The molecule has 1 saturated heterocycles. The summed E-state index contributed by atoms with van der Waals surface area (Å²) < 4.78 is 27.1. The highest BCUT2D eigenvalue weighted by atomic mass is 32.2. The number of carbonyl (C=O) groups excluding carboxylic acids is 2. The summed E-state index contributed by atoms with van der Waals surface area (Å²) in [6.07, 6.45) is 1.11. The summed E-state index contributed by atoms with van der Waals surface area (Å²) in [5.74, 6) is -0.352. The first-order valence-corrected chi connectivity index (χ1v) is 10.9. The number of amides is 2. The van der Waals surface area contributed by atoms with E-state index in [1.165, 1.54) is 23.4 Å². The van der Waals surface area contributed by atoms with Gasteiger partial charge in [0.1, 0.15) is 0 Å². The van der Waals surface area contributed by atoms with E-state index in [0.29, 0.717) is 37.2 Å². The van der Waals surface area contributed by atoms with Gasteiger partial charge in [0.25, 0.3) is 5.91 Å². The number of aryl methyl sites for hydroxylation is 1. The zero-order chi connectivity index (χ0) is 21.0. The average Bonchev–Trinajstić information content (AvgIpc) is 2.69. The summed E-state index contributed by atoms with van der Waals surface area (Å²) in [5.41, 5.74) is 2.24. The first-order valence-electron chi connectivity index (χ1n) is 9.51. The summed E-state index contributed by atoms with van der Waals surface area (Å²) in [5, 5.41) is 5.61. The molecular weight excluding hydrogens is 390 g/mol. The Morgan fingerprint density at radius 2 is 1.55 bits per heavy atom. The SMILES string of the molecule is CC(=O)Nc1ccc(S(=O)(=O)N2CCC(NC(=O)c3ccc(C)cc3)CC2)cc1. The van der Waals surface area contributed by atoms with Crippen LogP contribution in [0, 0.1) is 6.92 Å². The lowest BCUT2D eigenvalue weighted by Crippen LogP contribution is -2.46. The topological polar surface area (TPSA) is 95.6 Å². The molecule has 7 nitrogen and oxygen atoms in total. The van der Waals surface area contributed by atoms with Gasteiger partial charge in [-0.1, -0.05) is 17.7 Å². The zero-order valence-corrected chi connectivity index (χ0v) is 17.3. The smallest absolute Gasteiger partial charge is 0.251 e. The summed E-state index contributed by atoms with van der Waals surface area (Å²) in [6.45, 7) is 4.04. The van der Waals surface area contributed by atoms with Crippen molar-refractivity contribution in [2.24, 2.45) is 0 Å². The lowest BCUT2D eigenvalue weighted by atomic mass is 10.1. The van der Waals surface area contributed by atoms with Gasteiger partial charge >= 0.3 is 0 Å². The number of sulfonamides is 1. The van der Waals surface area contributed by atoms with Crippen LogP contribution in [-0.2, 0) is 14.8 Å². The lowest BCUT2D eigenvalue weighted by molar-refractivity contribution is -0.114. The lowest BCUT2D eigenvalue weighted by Gasteiger charge is -2.31. The molecule has 1 aliphatic rings. The maximum Gasteiger partial charge on any atom is 0.251 e. The van der Waals surface area contributed by atoms with Gasteiger partial charge in [-0.3, -0.25) is 9.59 Å². The molecule has 2 amide bonds. The predicted octanol–water partition coefficient (Wildman–Crippen LogP) is 2.54. The molecular formula is C21H25N3O4S. The Labute approximate surface area is 171 Å². The highest BCUT2D eigenvalue weighted by molar-refractivity contribution is 7.89. The average molecular weight is 416 g/mol. The van der Waals surface area contributed by atoms with Crippen molar-refractivity contribution in [2.75, 3.05) is 18.4 Å². The summed E-state index contributed by atoms with van der Waals surface area (Å²) in [4.78, 5) is 23.6. The zero-order valence-electron chi connectivity index (χ0n) is 16.5. The van der Waals surface area contributed by atoms with E-state index in [9.17, 15) is 18.0 Å². The minimum atomic E-state index is -3.61. The van der Waals surface area contributed by atoms with Crippen molar-refractivity contribution >= 4 is 27.5 Å². The fourth-order valence-corrected chi connectivity index (χ4v) is 4.75. The van der Waals surface area contributed by atoms with Crippen LogP contribution in [0.5, 0.6) is 0 Å². The molecule has 8 heteroatoms. The molecule has 0 aliphatic carbocycles. The molecule has 1 heterocycles. The molecule has 1 aliphatic heterocycles. The van der Waals surface area contributed by atoms with Gasteiger partial charge in [-0.2, -0.15) is 4.31 Å². The number of carbonyl (C=O) groups is 2. The van der Waals surface area contributed by atoms with Gasteiger partial charge in [0.15, 0.2) is 0 Å². The molecule has 2 N–H and O–H groups in total. The van der Waals surface area contributed by atoms with Crippen molar-refractivity contribution in [2.45, 2.75) is 37.6 Å². The van der Waals surface area contributed by atoms with Gasteiger partial charge in [-0.05, 0) is 56.2 Å². The molecule has 1 fully saturated rings. The predicted molar refractivity (Wildman–Crippen MR) is 111 cm³/mol. The van der Waals surface area contributed by atoms with E-state index in [2.05, 4.69) is 10.6 Å². The number of hydrogen-bond acceptors (Lipinski definition) is 4. The van der Waals surface area contributed by atoms with E-state index >= 15 is 0 Å².